The van der Waals surface area contributed by atoms with Crippen LogP contribution in [0.1, 0.15) is 50.3 Å². The summed E-state index contributed by atoms with van der Waals surface area (Å²) in [5.74, 6) is 0.735. The number of methoxy groups -OCH3 is 1. The molecule has 160 valence electrons. The van der Waals surface area contributed by atoms with E-state index in [0.717, 1.165) is 24.2 Å². The van der Waals surface area contributed by atoms with Crippen LogP contribution >= 0.6 is 0 Å². The van der Waals surface area contributed by atoms with Gasteiger partial charge in [0.1, 0.15) is 11.8 Å². The normalized spacial score (nSPS) is 17.0. The van der Waals surface area contributed by atoms with Crippen molar-refractivity contribution in [2.45, 2.75) is 58.0 Å². The van der Waals surface area contributed by atoms with Crippen LogP contribution in [0.2, 0.25) is 0 Å². The van der Waals surface area contributed by atoms with Crippen LogP contribution in [-0.4, -0.2) is 41.9 Å². The van der Waals surface area contributed by atoms with Crippen molar-refractivity contribution in [2.24, 2.45) is 0 Å². The fraction of sp³-hybridized carbons (Fsp3) is 0.440. The third-order valence-corrected chi connectivity index (χ3v) is 5.81. The van der Waals surface area contributed by atoms with Crippen molar-refractivity contribution in [3.05, 3.63) is 65.2 Å². The minimum absolute atomic E-state index is 0.0764. The first-order valence-corrected chi connectivity index (χ1v) is 10.5. The van der Waals surface area contributed by atoms with E-state index in [4.69, 9.17) is 4.74 Å². The van der Waals surface area contributed by atoms with Gasteiger partial charge < -0.3 is 9.64 Å². The summed E-state index contributed by atoms with van der Waals surface area (Å²) >= 11 is 0. The maximum absolute atomic E-state index is 12.9. The van der Waals surface area contributed by atoms with Crippen molar-refractivity contribution < 1.29 is 14.3 Å². The average molecular weight is 409 g/mol. The van der Waals surface area contributed by atoms with Gasteiger partial charge >= 0.3 is 6.03 Å². The minimum Gasteiger partial charge on any atom is -0.497 e. The summed E-state index contributed by atoms with van der Waals surface area (Å²) in [5.41, 5.74) is 3.48. The van der Waals surface area contributed by atoms with Crippen LogP contribution in [0.5, 0.6) is 5.75 Å². The molecule has 0 bridgehead atoms. The van der Waals surface area contributed by atoms with Crippen LogP contribution < -0.4 is 4.74 Å². The van der Waals surface area contributed by atoms with Crippen molar-refractivity contribution >= 4 is 11.9 Å². The van der Waals surface area contributed by atoms with Gasteiger partial charge in [-0.05, 0) is 53.5 Å². The SMILES string of the molecule is COc1ccc(CCCC2C(=O)N(Cc3ccc(C(C)(C)C)cc3)C(=O)N2C)cc1. The Morgan fingerprint density at radius 3 is 2.10 bits per heavy atom. The number of benzene rings is 2. The number of nitrogens with zero attached hydrogens (tertiary/aromatic N) is 2. The third kappa shape index (κ3) is 4.84. The second kappa shape index (κ2) is 8.90. The highest BCUT2D eigenvalue weighted by Gasteiger charge is 2.42. The fourth-order valence-corrected chi connectivity index (χ4v) is 3.81. The second-order valence-corrected chi connectivity index (χ2v) is 9.02. The molecule has 1 aliphatic heterocycles. The Bertz CT molecular complexity index is 882. The molecule has 1 heterocycles. The first-order chi connectivity index (χ1) is 14.2. The lowest BCUT2D eigenvalue weighted by Crippen LogP contribution is -2.31. The Morgan fingerprint density at radius 1 is 0.933 bits per heavy atom. The lowest BCUT2D eigenvalue weighted by Gasteiger charge is -2.20. The molecule has 1 unspecified atom stereocenters. The topological polar surface area (TPSA) is 49.9 Å². The zero-order chi connectivity index (χ0) is 21.9. The summed E-state index contributed by atoms with van der Waals surface area (Å²) in [6.07, 6.45) is 2.37. The lowest BCUT2D eigenvalue weighted by molar-refractivity contribution is -0.128. The fourth-order valence-electron chi connectivity index (χ4n) is 3.81. The van der Waals surface area contributed by atoms with Gasteiger partial charge in [0.2, 0.25) is 0 Å². The molecular weight excluding hydrogens is 376 g/mol. The summed E-state index contributed by atoms with van der Waals surface area (Å²) in [6, 6.07) is 15.5. The highest BCUT2D eigenvalue weighted by molar-refractivity contribution is 6.03. The van der Waals surface area contributed by atoms with Crippen molar-refractivity contribution in [1.82, 2.24) is 9.80 Å². The molecule has 30 heavy (non-hydrogen) atoms. The minimum atomic E-state index is -0.385. The molecule has 0 spiro atoms. The quantitative estimate of drug-likeness (QED) is 0.620. The number of amides is 3. The maximum Gasteiger partial charge on any atom is 0.327 e. The van der Waals surface area contributed by atoms with Gasteiger partial charge in [0.25, 0.3) is 5.91 Å². The van der Waals surface area contributed by atoms with Crippen LogP contribution in [0.25, 0.3) is 0 Å². The van der Waals surface area contributed by atoms with Crippen molar-refractivity contribution in [3.63, 3.8) is 0 Å². The number of urea groups is 1. The molecule has 1 saturated heterocycles. The second-order valence-electron chi connectivity index (χ2n) is 9.02. The van der Waals surface area contributed by atoms with E-state index in [1.54, 1.807) is 19.1 Å². The number of aryl methyl sites for hydroxylation is 1. The van der Waals surface area contributed by atoms with Crippen LogP contribution in [0, 0.1) is 0 Å². The first kappa shape index (κ1) is 21.9. The summed E-state index contributed by atoms with van der Waals surface area (Å²) in [6.45, 7) is 6.82. The zero-order valence-electron chi connectivity index (χ0n) is 18.6. The van der Waals surface area contributed by atoms with E-state index in [-0.39, 0.29) is 23.4 Å². The van der Waals surface area contributed by atoms with E-state index in [9.17, 15) is 9.59 Å². The number of rotatable bonds is 7. The molecule has 0 aromatic heterocycles. The lowest BCUT2D eigenvalue weighted by atomic mass is 9.87. The molecular formula is C25H32N2O3. The number of carbonyl (C=O) groups excluding carboxylic acids is 2. The molecule has 5 heteroatoms. The molecule has 5 nitrogen and oxygen atoms in total. The smallest absolute Gasteiger partial charge is 0.327 e. The molecule has 1 aliphatic rings. The predicted molar refractivity (Wildman–Crippen MR) is 119 cm³/mol. The Morgan fingerprint density at radius 2 is 1.53 bits per heavy atom. The highest BCUT2D eigenvalue weighted by atomic mass is 16.5. The van der Waals surface area contributed by atoms with E-state index in [2.05, 4.69) is 32.9 Å². The van der Waals surface area contributed by atoms with Gasteiger partial charge in [-0.1, -0.05) is 57.2 Å². The number of imide groups is 1. The molecule has 2 aromatic carbocycles. The largest absolute Gasteiger partial charge is 0.497 e. The van der Waals surface area contributed by atoms with Crippen LogP contribution in [0.4, 0.5) is 4.79 Å². The molecule has 3 amide bonds. The van der Waals surface area contributed by atoms with Gasteiger partial charge in [-0.2, -0.15) is 0 Å². The van der Waals surface area contributed by atoms with E-state index in [0.29, 0.717) is 13.0 Å². The van der Waals surface area contributed by atoms with Gasteiger partial charge in [-0.15, -0.1) is 0 Å². The molecule has 0 aliphatic carbocycles. The van der Waals surface area contributed by atoms with Gasteiger partial charge in [0.05, 0.1) is 13.7 Å². The summed E-state index contributed by atoms with van der Waals surface area (Å²) in [7, 11) is 3.37. The number of ether oxygens (including phenoxy) is 1. The monoisotopic (exact) mass is 408 g/mol. The predicted octanol–water partition coefficient (Wildman–Crippen LogP) is 4.78. The van der Waals surface area contributed by atoms with Gasteiger partial charge in [-0.25, -0.2) is 4.79 Å². The Balaban J connectivity index is 1.59. The van der Waals surface area contributed by atoms with Crippen molar-refractivity contribution in [2.75, 3.05) is 14.2 Å². The first-order valence-electron chi connectivity index (χ1n) is 10.5. The van der Waals surface area contributed by atoms with Gasteiger partial charge in [-0.3, -0.25) is 9.69 Å². The average Bonchev–Trinajstić information content (AvgIpc) is 2.92. The summed E-state index contributed by atoms with van der Waals surface area (Å²) in [4.78, 5) is 28.6. The standard InChI is InChI=1S/C25H32N2O3/c1-25(2,3)20-13-9-19(10-14-20)17-27-23(28)22(26(4)24(27)29)8-6-7-18-11-15-21(30-5)16-12-18/h9-16,22H,6-8,17H2,1-5H3. The van der Waals surface area contributed by atoms with Crippen LogP contribution in [0.15, 0.2) is 48.5 Å². The van der Waals surface area contributed by atoms with Crippen molar-refractivity contribution in [3.8, 4) is 5.75 Å². The van der Waals surface area contributed by atoms with Gasteiger partial charge in [0.15, 0.2) is 0 Å². The number of hydrogen-bond donors (Lipinski definition) is 0. The Labute approximate surface area is 179 Å². The van der Waals surface area contributed by atoms with E-state index in [1.165, 1.54) is 16.0 Å². The van der Waals surface area contributed by atoms with Crippen LogP contribution in [-0.2, 0) is 23.2 Å². The molecule has 1 fully saturated rings. The van der Waals surface area contributed by atoms with E-state index < -0.39 is 0 Å². The molecule has 1 atom stereocenters. The molecule has 0 N–H and O–H groups in total. The number of likely N-dealkylation sites (N-methyl/N-ethyl adjacent to an activating group) is 1. The zero-order valence-corrected chi connectivity index (χ0v) is 18.6. The van der Waals surface area contributed by atoms with E-state index in [1.807, 2.05) is 36.4 Å². The molecule has 3 rings (SSSR count). The highest BCUT2D eigenvalue weighted by Crippen LogP contribution is 2.25. The summed E-state index contributed by atoms with van der Waals surface area (Å²) in [5, 5.41) is 0. The van der Waals surface area contributed by atoms with Gasteiger partial charge in [0, 0.05) is 7.05 Å². The van der Waals surface area contributed by atoms with Crippen molar-refractivity contribution in [1.29, 1.82) is 0 Å². The number of carbonyl (C=O) groups is 2. The Kier molecular flexibility index (Phi) is 6.49. The summed E-state index contributed by atoms with van der Waals surface area (Å²) < 4.78 is 5.18. The molecule has 2 aromatic rings. The van der Waals surface area contributed by atoms with Crippen LogP contribution in [0.3, 0.4) is 0 Å². The third-order valence-electron chi connectivity index (χ3n) is 5.81. The molecule has 0 saturated carbocycles. The number of hydrogen-bond acceptors (Lipinski definition) is 3. The Hall–Kier alpha value is -2.82. The van der Waals surface area contributed by atoms with E-state index >= 15 is 0 Å². The maximum atomic E-state index is 12.9. The molecule has 0 radical (unpaired) electrons.